The third-order valence-corrected chi connectivity index (χ3v) is 6.94. The maximum atomic E-state index is 13.1. The molecule has 2 fully saturated rings. The predicted octanol–water partition coefficient (Wildman–Crippen LogP) is 1.80. The van der Waals surface area contributed by atoms with Gasteiger partial charge in [0.2, 0.25) is 10.0 Å². The number of rotatable bonds is 4. The third-order valence-electron chi connectivity index (χ3n) is 5.02. The topological polar surface area (TPSA) is 66.8 Å². The van der Waals surface area contributed by atoms with Crippen LogP contribution in [-0.4, -0.2) is 49.7 Å². The molecule has 5 nitrogen and oxygen atoms in total. The second-order valence-electron chi connectivity index (χ2n) is 6.42. The molecule has 3 rings (SSSR count). The zero-order valence-corrected chi connectivity index (χ0v) is 14.3. The lowest BCUT2D eigenvalue weighted by atomic mass is 9.90. The van der Waals surface area contributed by atoms with Crippen LogP contribution in [0, 0.1) is 5.92 Å². The minimum Gasteiger partial charge on any atom is -0.393 e. The zero-order valence-electron chi connectivity index (χ0n) is 13.5. The third kappa shape index (κ3) is 3.31. The van der Waals surface area contributed by atoms with E-state index in [-0.39, 0.29) is 12.0 Å². The van der Waals surface area contributed by atoms with Crippen molar-refractivity contribution in [3.8, 4) is 0 Å². The molecular weight excluding hydrogens is 314 g/mol. The molecule has 2 aliphatic heterocycles. The SMILES string of the molecule is CCc1cccc(S(=O)(=O)N2CCC[C@@H]2[C@H]2COCC[C@@H]2O)c1. The molecule has 2 aliphatic rings. The van der Waals surface area contributed by atoms with E-state index in [2.05, 4.69) is 0 Å². The molecule has 0 radical (unpaired) electrons. The average Bonchev–Trinajstić information content (AvgIpc) is 3.05. The van der Waals surface area contributed by atoms with E-state index in [0.717, 1.165) is 24.8 Å². The molecule has 0 aliphatic carbocycles. The number of aryl methyl sites for hydroxylation is 1. The first kappa shape index (κ1) is 16.9. The van der Waals surface area contributed by atoms with Crippen LogP contribution in [0.5, 0.6) is 0 Å². The fourth-order valence-electron chi connectivity index (χ4n) is 3.67. The summed E-state index contributed by atoms with van der Waals surface area (Å²) in [4.78, 5) is 0.356. The van der Waals surface area contributed by atoms with Crippen molar-refractivity contribution in [2.45, 2.75) is 49.6 Å². The summed E-state index contributed by atoms with van der Waals surface area (Å²) in [5, 5.41) is 10.3. The number of ether oxygens (including phenoxy) is 1. The normalized spacial score (nSPS) is 29.7. The molecule has 23 heavy (non-hydrogen) atoms. The van der Waals surface area contributed by atoms with E-state index in [4.69, 9.17) is 4.74 Å². The Balaban J connectivity index is 1.88. The number of sulfonamides is 1. The molecule has 2 heterocycles. The van der Waals surface area contributed by atoms with Gasteiger partial charge in [-0.25, -0.2) is 8.42 Å². The molecule has 2 saturated heterocycles. The maximum Gasteiger partial charge on any atom is 0.243 e. The second-order valence-corrected chi connectivity index (χ2v) is 8.31. The summed E-state index contributed by atoms with van der Waals surface area (Å²) in [5.74, 6) is -0.129. The van der Waals surface area contributed by atoms with Gasteiger partial charge < -0.3 is 9.84 Å². The van der Waals surface area contributed by atoms with Gasteiger partial charge in [-0.2, -0.15) is 4.31 Å². The van der Waals surface area contributed by atoms with Gasteiger partial charge in [-0.05, 0) is 43.4 Å². The van der Waals surface area contributed by atoms with Crippen molar-refractivity contribution in [1.82, 2.24) is 4.31 Å². The van der Waals surface area contributed by atoms with Gasteiger partial charge in [0.05, 0.1) is 17.6 Å². The van der Waals surface area contributed by atoms with Crippen LogP contribution in [0.1, 0.15) is 31.7 Å². The van der Waals surface area contributed by atoms with Crippen molar-refractivity contribution in [3.05, 3.63) is 29.8 Å². The minimum atomic E-state index is -3.53. The van der Waals surface area contributed by atoms with Crippen LogP contribution in [0.3, 0.4) is 0 Å². The Morgan fingerprint density at radius 1 is 1.35 bits per heavy atom. The Hall–Kier alpha value is -0.950. The van der Waals surface area contributed by atoms with Crippen molar-refractivity contribution in [3.63, 3.8) is 0 Å². The quantitative estimate of drug-likeness (QED) is 0.908. The molecule has 0 spiro atoms. The van der Waals surface area contributed by atoms with E-state index in [1.807, 2.05) is 13.0 Å². The first-order valence-electron chi connectivity index (χ1n) is 8.40. The lowest BCUT2D eigenvalue weighted by Crippen LogP contribution is -2.48. The van der Waals surface area contributed by atoms with E-state index >= 15 is 0 Å². The number of hydrogen-bond acceptors (Lipinski definition) is 4. The standard InChI is InChI=1S/C17H25NO4S/c1-2-13-5-3-6-14(11-13)23(20,21)18-9-4-7-16(18)15-12-22-10-8-17(15)19/h3,5-6,11,15-17,19H,2,4,7-10,12H2,1H3/t15-,16-,17+/m1/s1. The Morgan fingerprint density at radius 3 is 2.91 bits per heavy atom. The van der Waals surface area contributed by atoms with Crippen LogP contribution < -0.4 is 0 Å². The molecular formula is C17H25NO4S. The molecule has 0 unspecified atom stereocenters. The van der Waals surface area contributed by atoms with Crippen molar-refractivity contribution in [2.24, 2.45) is 5.92 Å². The highest BCUT2D eigenvalue weighted by Crippen LogP contribution is 2.34. The molecule has 0 bridgehead atoms. The van der Waals surface area contributed by atoms with Crippen molar-refractivity contribution in [1.29, 1.82) is 0 Å². The minimum absolute atomic E-state index is 0.129. The van der Waals surface area contributed by atoms with Crippen molar-refractivity contribution in [2.75, 3.05) is 19.8 Å². The summed E-state index contributed by atoms with van der Waals surface area (Å²) in [5.41, 5.74) is 1.02. The van der Waals surface area contributed by atoms with Crippen molar-refractivity contribution < 1.29 is 18.3 Å². The van der Waals surface area contributed by atoms with E-state index in [0.29, 0.717) is 31.1 Å². The van der Waals surface area contributed by atoms with Crippen LogP contribution >= 0.6 is 0 Å². The van der Waals surface area contributed by atoms with Gasteiger partial charge in [-0.15, -0.1) is 0 Å². The van der Waals surface area contributed by atoms with Gasteiger partial charge in [0, 0.05) is 25.1 Å². The summed E-state index contributed by atoms with van der Waals surface area (Å²) >= 11 is 0. The van der Waals surface area contributed by atoms with Crippen molar-refractivity contribution >= 4 is 10.0 Å². The molecule has 0 amide bonds. The fraction of sp³-hybridized carbons (Fsp3) is 0.647. The number of aliphatic hydroxyl groups excluding tert-OH is 1. The Kier molecular flexibility index (Phi) is 5.06. The first-order valence-corrected chi connectivity index (χ1v) is 9.84. The highest BCUT2D eigenvalue weighted by molar-refractivity contribution is 7.89. The number of benzene rings is 1. The summed E-state index contributed by atoms with van der Waals surface area (Å²) in [7, 11) is -3.53. The van der Waals surface area contributed by atoms with Gasteiger partial charge in [-0.3, -0.25) is 0 Å². The van der Waals surface area contributed by atoms with Gasteiger partial charge >= 0.3 is 0 Å². The number of nitrogens with zero attached hydrogens (tertiary/aromatic N) is 1. The largest absolute Gasteiger partial charge is 0.393 e. The fourth-order valence-corrected chi connectivity index (χ4v) is 5.48. The number of aliphatic hydroxyl groups is 1. The van der Waals surface area contributed by atoms with E-state index in [1.54, 1.807) is 22.5 Å². The maximum absolute atomic E-state index is 13.1. The van der Waals surface area contributed by atoms with E-state index in [1.165, 1.54) is 0 Å². The van der Waals surface area contributed by atoms with E-state index in [9.17, 15) is 13.5 Å². The summed E-state index contributed by atoms with van der Waals surface area (Å²) in [6, 6.07) is 7.01. The Labute approximate surface area is 138 Å². The monoisotopic (exact) mass is 339 g/mol. The lowest BCUT2D eigenvalue weighted by molar-refractivity contribution is -0.0543. The highest BCUT2D eigenvalue weighted by atomic mass is 32.2. The Bertz CT molecular complexity index is 646. The van der Waals surface area contributed by atoms with Gasteiger partial charge in [0.15, 0.2) is 0 Å². The average molecular weight is 339 g/mol. The first-order chi connectivity index (χ1) is 11.0. The number of hydrogen-bond donors (Lipinski definition) is 1. The lowest BCUT2D eigenvalue weighted by Gasteiger charge is -2.36. The van der Waals surface area contributed by atoms with Crippen LogP contribution in [0.2, 0.25) is 0 Å². The molecule has 1 N–H and O–H groups in total. The molecule has 1 aromatic carbocycles. The summed E-state index contributed by atoms with van der Waals surface area (Å²) in [6.07, 6.45) is 2.53. The molecule has 3 atom stereocenters. The van der Waals surface area contributed by atoms with Crippen LogP contribution in [-0.2, 0) is 21.2 Å². The summed E-state index contributed by atoms with van der Waals surface area (Å²) in [6.45, 7) is 3.52. The second kappa shape index (κ2) is 6.89. The van der Waals surface area contributed by atoms with Gasteiger partial charge in [-0.1, -0.05) is 19.1 Å². The predicted molar refractivity (Wildman–Crippen MR) is 87.7 cm³/mol. The van der Waals surface area contributed by atoms with Crippen LogP contribution in [0.25, 0.3) is 0 Å². The van der Waals surface area contributed by atoms with Gasteiger partial charge in [0.1, 0.15) is 0 Å². The summed E-state index contributed by atoms with van der Waals surface area (Å²) < 4.78 is 33.2. The Morgan fingerprint density at radius 2 is 2.17 bits per heavy atom. The molecule has 128 valence electrons. The van der Waals surface area contributed by atoms with Crippen LogP contribution in [0.4, 0.5) is 0 Å². The molecule has 0 aromatic heterocycles. The highest BCUT2D eigenvalue weighted by Gasteiger charge is 2.43. The zero-order chi connectivity index (χ0) is 16.4. The smallest absolute Gasteiger partial charge is 0.243 e. The van der Waals surface area contributed by atoms with Crippen LogP contribution in [0.15, 0.2) is 29.2 Å². The van der Waals surface area contributed by atoms with Gasteiger partial charge in [0.25, 0.3) is 0 Å². The van der Waals surface area contributed by atoms with E-state index < -0.39 is 16.1 Å². The molecule has 6 heteroatoms. The molecule has 1 aromatic rings. The molecule has 0 saturated carbocycles.